The molecule has 0 spiro atoms. The van der Waals surface area contributed by atoms with Gasteiger partial charge in [-0.15, -0.1) is 0 Å². The number of carbonyl (C=O) groups is 1. The number of halogens is 2. The lowest BCUT2D eigenvalue weighted by molar-refractivity contribution is 0.112. The Kier molecular flexibility index (Phi) is 3.89. The Morgan fingerprint density at radius 2 is 2.17 bits per heavy atom. The van der Waals surface area contributed by atoms with E-state index in [0.29, 0.717) is 22.8 Å². The number of aromatic nitrogens is 1. The van der Waals surface area contributed by atoms with Gasteiger partial charge >= 0.3 is 0 Å². The summed E-state index contributed by atoms with van der Waals surface area (Å²) in [6.07, 6.45) is 2.07. The van der Waals surface area contributed by atoms with Crippen LogP contribution in [0.1, 0.15) is 15.9 Å². The van der Waals surface area contributed by atoms with Crippen molar-refractivity contribution in [2.45, 2.75) is 6.61 Å². The van der Waals surface area contributed by atoms with Gasteiger partial charge in [0.05, 0.1) is 5.02 Å². The van der Waals surface area contributed by atoms with Crippen LogP contribution in [0, 0.1) is 5.82 Å². The van der Waals surface area contributed by atoms with E-state index < -0.39 is 5.82 Å². The average Bonchev–Trinajstić information content (AvgIpc) is 2.39. The number of rotatable bonds is 4. The molecule has 92 valence electrons. The maximum atomic E-state index is 13.4. The molecule has 0 atom stereocenters. The van der Waals surface area contributed by atoms with E-state index in [1.165, 1.54) is 18.3 Å². The summed E-state index contributed by atoms with van der Waals surface area (Å²) in [6.45, 7) is -0.0149. The van der Waals surface area contributed by atoms with Crippen molar-refractivity contribution in [3.63, 3.8) is 0 Å². The molecular formula is C13H9ClFNO2. The number of aldehydes is 1. The van der Waals surface area contributed by atoms with Crippen molar-refractivity contribution < 1.29 is 13.9 Å². The highest BCUT2D eigenvalue weighted by Gasteiger charge is 2.07. The van der Waals surface area contributed by atoms with Gasteiger partial charge in [-0.3, -0.25) is 4.79 Å². The first-order valence-electron chi connectivity index (χ1n) is 5.17. The van der Waals surface area contributed by atoms with Crippen LogP contribution in [0.2, 0.25) is 5.02 Å². The number of nitrogens with zero attached hydrogens (tertiary/aromatic N) is 1. The van der Waals surface area contributed by atoms with Crippen molar-refractivity contribution in [2.24, 2.45) is 0 Å². The fourth-order valence-corrected chi connectivity index (χ4v) is 1.58. The maximum absolute atomic E-state index is 13.4. The number of carbonyl (C=O) groups excluding carboxylic acids is 1. The minimum atomic E-state index is -0.424. The van der Waals surface area contributed by atoms with E-state index in [9.17, 15) is 9.18 Å². The Hall–Kier alpha value is -1.94. The Morgan fingerprint density at radius 3 is 2.78 bits per heavy atom. The zero-order valence-electron chi connectivity index (χ0n) is 9.27. The van der Waals surface area contributed by atoms with Crippen LogP contribution in [-0.2, 0) is 6.61 Å². The van der Waals surface area contributed by atoms with Crippen LogP contribution in [0.4, 0.5) is 4.39 Å². The van der Waals surface area contributed by atoms with Gasteiger partial charge in [0, 0.05) is 23.4 Å². The number of hydrogen-bond acceptors (Lipinski definition) is 3. The SMILES string of the molecule is O=Cc1ccc(OCc2c(F)cccc2Cl)nc1. The Balaban J connectivity index is 2.09. The third-order valence-corrected chi connectivity index (χ3v) is 2.68. The molecule has 0 saturated heterocycles. The van der Waals surface area contributed by atoms with Gasteiger partial charge in [0.15, 0.2) is 6.29 Å². The molecule has 1 heterocycles. The first kappa shape index (κ1) is 12.5. The summed E-state index contributed by atoms with van der Waals surface area (Å²) < 4.78 is 18.7. The lowest BCUT2D eigenvalue weighted by atomic mass is 10.2. The van der Waals surface area contributed by atoms with Crippen LogP contribution in [0.15, 0.2) is 36.5 Å². The van der Waals surface area contributed by atoms with Gasteiger partial charge in [-0.1, -0.05) is 17.7 Å². The molecule has 0 aliphatic heterocycles. The molecule has 0 fully saturated rings. The summed E-state index contributed by atoms with van der Waals surface area (Å²) in [5.74, 6) is -0.119. The summed E-state index contributed by atoms with van der Waals surface area (Å²) in [6, 6.07) is 7.54. The van der Waals surface area contributed by atoms with Gasteiger partial charge in [-0.25, -0.2) is 9.37 Å². The zero-order valence-corrected chi connectivity index (χ0v) is 10.0. The molecule has 18 heavy (non-hydrogen) atoms. The smallest absolute Gasteiger partial charge is 0.213 e. The number of ether oxygens (including phenoxy) is 1. The van der Waals surface area contributed by atoms with E-state index in [2.05, 4.69) is 4.98 Å². The number of pyridine rings is 1. The molecule has 1 aromatic carbocycles. The Bertz CT molecular complexity index is 537. The molecule has 0 radical (unpaired) electrons. The summed E-state index contributed by atoms with van der Waals surface area (Å²) in [5, 5.41) is 0.305. The van der Waals surface area contributed by atoms with Gasteiger partial charge in [0.1, 0.15) is 12.4 Å². The van der Waals surface area contributed by atoms with Gasteiger partial charge in [-0.05, 0) is 18.2 Å². The molecule has 0 saturated carbocycles. The standard InChI is InChI=1S/C13H9ClFNO2/c14-11-2-1-3-12(15)10(11)8-18-13-5-4-9(7-17)6-16-13/h1-7H,8H2. The van der Waals surface area contributed by atoms with E-state index in [1.54, 1.807) is 18.2 Å². The lowest BCUT2D eigenvalue weighted by Crippen LogP contribution is -2.00. The largest absolute Gasteiger partial charge is 0.473 e. The summed E-state index contributed by atoms with van der Waals surface area (Å²) in [4.78, 5) is 14.3. The second-order valence-corrected chi connectivity index (χ2v) is 3.94. The molecule has 2 rings (SSSR count). The summed E-state index contributed by atoms with van der Waals surface area (Å²) in [5.41, 5.74) is 0.728. The second kappa shape index (κ2) is 5.60. The van der Waals surface area contributed by atoms with Crippen LogP contribution in [0.25, 0.3) is 0 Å². The highest BCUT2D eigenvalue weighted by atomic mass is 35.5. The first-order chi connectivity index (χ1) is 8.70. The minimum Gasteiger partial charge on any atom is -0.473 e. The van der Waals surface area contributed by atoms with Crippen LogP contribution in [0.3, 0.4) is 0 Å². The topological polar surface area (TPSA) is 39.2 Å². The van der Waals surface area contributed by atoms with Gasteiger partial charge in [0.25, 0.3) is 0 Å². The highest BCUT2D eigenvalue weighted by molar-refractivity contribution is 6.31. The van der Waals surface area contributed by atoms with E-state index in [0.717, 1.165) is 0 Å². The quantitative estimate of drug-likeness (QED) is 0.797. The molecule has 2 aromatic rings. The molecule has 1 aromatic heterocycles. The third kappa shape index (κ3) is 2.84. The van der Waals surface area contributed by atoms with Crippen molar-refractivity contribution in [3.05, 3.63) is 58.5 Å². The van der Waals surface area contributed by atoms with Gasteiger partial charge in [0.2, 0.25) is 5.88 Å². The fourth-order valence-electron chi connectivity index (χ4n) is 1.36. The molecule has 0 aliphatic carbocycles. The minimum absolute atomic E-state index is 0.0149. The highest BCUT2D eigenvalue weighted by Crippen LogP contribution is 2.20. The van der Waals surface area contributed by atoms with Crippen molar-refractivity contribution in [1.29, 1.82) is 0 Å². The fraction of sp³-hybridized carbons (Fsp3) is 0.0769. The second-order valence-electron chi connectivity index (χ2n) is 3.54. The lowest BCUT2D eigenvalue weighted by Gasteiger charge is -2.07. The maximum Gasteiger partial charge on any atom is 0.213 e. The van der Waals surface area contributed by atoms with E-state index in [1.807, 2.05) is 0 Å². The zero-order chi connectivity index (χ0) is 13.0. The number of benzene rings is 1. The molecule has 3 nitrogen and oxygen atoms in total. The number of hydrogen-bond donors (Lipinski definition) is 0. The predicted molar refractivity (Wildman–Crippen MR) is 65.4 cm³/mol. The van der Waals surface area contributed by atoms with Crippen molar-refractivity contribution in [3.8, 4) is 5.88 Å². The van der Waals surface area contributed by atoms with E-state index >= 15 is 0 Å². The monoisotopic (exact) mass is 265 g/mol. The van der Waals surface area contributed by atoms with Crippen LogP contribution < -0.4 is 4.74 Å². The van der Waals surface area contributed by atoms with E-state index in [-0.39, 0.29) is 12.2 Å². The van der Waals surface area contributed by atoms with Crippen molar-refractivity contribution >= 4 is 17.9 Å². The first-order valence-corrected chi connectivity index (χ1v) is 5.55. The van der Waals surface area contributed by atoms with E-state index in [4.69, 9.17) is 16.3 Å². The van der Waals surface area contributed by atoms with Gasteiger partial charge in [-0.2, -0.15) is 0 Å². The molecular weight excluding hydrogens is 257 g/mol. The van der Waals surface area contributed by atoms with Crippen molar-refractivity contribution in [1.82, 2.24) is 4.98 Å². The molecule has 5 heteroatoms. The third-order valence-electron chi connectivity index (χ3n) is 2.32. The molecule has 0 N–H and O–H groups in total. The summed E-state index contributed by atoms with van der Waals surface area (Å²) in [7, 11) is 0. The predicted octanol–water partition coefficient (Wildman–Crippen LogP) is 3.27. The van der Waals surface area contributed by atoms with Crippen molar-refractivity contribution in [2.75, 3.05) is 0 Å². The van der Waals surface area contributed by atoms with Crippen LogP contribution in [0.5, 0.6) is 5.88 Å². The Labute approximate surface area is 108 Å². The molecule has 0 amide bonds. The molecule has 0 bridgehead atoms. The van der Waals surface area contributed by atoms with Crippen LogP contribution in [-0.4, -0.2) is 11.3 Å². The normalized spacial score (nSPS) is 10.1. The Morgan fingerprint density at radius 1 is 1.33 bits per heavy atom. The molecule has 0 aliphatic rings. The average molecular weight is 266 g/mol. The summed E-state index contributed by atoms with van der Waals surface area (Å²) >= 11 is 5.86. The molecule has 0 unspecified atom stereocenters. The van der Waals surface area contributed by atoms with Gasteiger partial charge < -0.3 is 4.74 Å². The van der Waals surface area contributed by atoms with Crippen LogP contribution >= 0.6 is 11.6 Å².